The molecule has 0 bridgehead atoms. The molecule has 0 rings (SSSR count). The largest absolute Gasteiger partial charge is 0.469 e. The average molecular weight is 254 g/mol. The van der Waals surface area contributed by atoms with Crippen molar-refractivity contribution in [1.82, 2.24) is 0 Å². The Balaban J connectivity index is 4.22. The molecule has 0 heterocycles. The Morgan fingerprint density at radius 2 is 1.56 bits per heavy atom. The van der Waals surface area contributed by atoms with Crippen LogP contribution in [0.2, 0.25) is 0 Å². The maximum Gasteiger partial charge on any atom is 0.469 e. The number of phosphoric acid groups is 1. The molecule has 0 aromatic heterocycles. The molecule has 0 saturated heterocycles. The van der Waals surface area contributed by atoms with E-state index in [1.807, 2.05) is 13.8 Å². The fourth-order valence-electron chi connectivity index (χ4n) is 1.49. The summed E-state index contributed by atoms with van der Waals surface area (Å²) in [6.07, 6.45) is 4.55. The molecule has 0 aliphatic heterocycles. The number of hydrogen-bond donors (Lipinski definition) is 3. The van der Waals surface area contributed by atoms with Gasteiger partial charge in [-0.3, -0.25) is 4.52 Å². The van der Waals surface area contributed by atoms with Crippen molar-refractivity contribution in [3.8, 4) is 0 Å². The molecular weight excluding hydrogens is 231 g/mol. The second-order valence-electron chi connectivity index (χ2n) is 4.20. The van der Waals surface area contributed by atoms with Crippen LogP contribution < -0.4 is 0 Å². The van der Waals surface area contributed by atoms with Crippen molar-refractivity contribution in [2.24, 2.45) is 0 Å². The Morgan fingerprint density at radius 1 is 1.12 bits per heavy atom. The summed E-state index contributed by atoms with van der Waals surface area (Å²) in [6, 6.07) is 0. The molecule has 0 aromatic rings. The van der Waals surface area contributed by atoms with Crippen LogP contribution in [0, 0.1) is 0 Å². The van der Waals surface area contributed by atoms with Crippen LogP contribution in [0.5, 0.6) is 0 Å². The first kappa shape index (κ1) is 16.1. The lowest BCUT2D eigenvalue weighted by molar-refractivity contribution is -0.0301. The van der Waals surface area contributed by atoms with Gasteiger partial charge in [0.15, 0.2) is 0 Å². The van der Waals surface area contributed by atoms with Gasteiger partial charge >= 0.3 is 7.82 Å². The predicted octanol–water partition coefficient (Wildman–Crippen LogP) is 2.21. The van der Waals surface area contributed by atoms with Crippen LogP contribution in [0.25, 0.3) is 0 Å². The topological polar surface area (TPSA) is 87.0 Å². The number of unbranched alkanes of at least 4 members (excludes halogenated alkanes) is 2. The maximum absolute atomic E-state index is 10.6. The van der Waals surface area contributed by atoms with Gasteiger partial charge in [0.1, 0.15) is 0 Å². The molecule has 0 atom stereocenters. The van der Waals surface area contributed by atoms with Gasteiger partial charge in [-0.2, -0.15) is 0 Å². The number of hydrogen-bond acceptors (Lipinski definition) is 3. The summed E-state index contributed by atoms with van der Waals surface area (Å²) in [7, 11) is -4.49. The summed E-state index contributed by atoms with van der Waals surface area (Å²) in [5, 5.41) is 10.2. The van der Waals surface area contributed by atoms with E-state index in [-0.39, 0.29) is 6.61 Å². The van der Waals surface area contributed by atoms with Crippen molar-refractivity contribution in [3.63, 3.8) is 0 Å². The highest BCUT2D eigenvalue weighted by atomic mass is 31.2. The van der Waals surface area contributed by atoms with Crippen LogP contribution in [0.1, 0.15) is 52.4 Å². The normalized spacial score (nSPS) is 13.1. The van der Waals surface area contributed by atoms with Gasteiger partial charge in [0.05, 0.1) is 12.2 Å². The fraction of sp³-hybridized carbons (Fsp3) is 1.00. The smallest absolute Gasteiger partial charge is 0.387 e. The highest BCUT2D eigenvalue weighted by molar-refractivity contribution is 7.46. The highest BCUT2D eigenvalue weighted by Crippen LogP contribution is 2.38. The SMILES string of the molecule is CCCCC(O)(CCCC)COP(=O)(O)O. The molecule has 3 N–H and O–H groups in total. The zero-order valence-electron chi connectivity index (χ0n) is 10.1. The van der Waals surface area contributed by atoms with Crippen molar-refractivity contribution in [3.05, 3.63) is 0 Å². The van der Waals surface area contributed by atoms with Gasteiger partial charge in [0.25, 0.3) is 0 Å². The van der Waals surface area contributed by atoms with Crippen molar-refractivity contribution in [1.29, 1.82) is 0 Å². The lowest BCUT2D eigenvalue weighted by Crippen LogP contribution is -2.34. The minimum atomic E-state index is -4.49. The van der Waals surface area contributed by atoms with Gasteiger partial charge in [-0.15, -0.1) is 0 Å². The van der Waals surface area contributed by atoms with Crippen molar-refractivity contribution < 1.29 is 24.0 Å². The van der Waals surface area contributed by atoms with E-state index in [0.29, 0.717) is 12.8 Å². The molecule has 0 saturated carbocycles. The van der Waals surface area contributed by atoms with Gasteiger partial charge < -0.3 is 14.9 Å². The molecule has 0 spiro atoms. The van der Waals surface area contributed by atoms with Gasteiger partial charge in [-0.25, -0.2) is 4.57 Å². The lowest BCUT2D eigenvalue weighted by Gasteiger charge is -2.27. The molecule has 0 aliphatic rings. The minimum Gasteiger partial charge on any atom is -0.387 e. The molecule has 0 aromatic carbocycles. The van der Waals surface area contributed by atoms with E-state index < -0.39 is 13.4 Å². The van der Waals surface area contributed by atoms with Crippen molar-refractivity contribution in [2.75, 3.05) is 6.61 Å². The molecule has 6 heteroatoms. The summed E-state index contributed by atoms with van der Waals surface area (Å²) in [6.45, 7) is 3.71. The third kappa shape index (κ3) is 8.25. The molecule has 0 radical (unpaired) electrons. The maximum atomic E-state index is 10.6. The summed E-state index contributed by atoms with van der Waals surface area (Å²) in [5.74, 6) is 0. The Kier molecular flexibility index (Phi) is 7.44. The Bertz CT molecular complexity index is 217. The molecular formula is C10H23O5P. The lowest BCUT2D eigenvalue weighted by atomic mass is 9.92. The molecule has 0 unspecified atom stereocenters. The Morgan fingerprint density at radius 3 is 1.88 bits per heavy atom. The van der Waals surface area contributed by atoms with E-state index in [1.165, 1.54) is 0 Å². The third-order valence-electron chi connectivity index (χ3n) is 2.49. The van der Waals surface area contributed by atoms with Gasteiger partial charge in [0, 0.05) is 0 Å². The van der Waals surface area contributed by atoms with E-state index in [2.05, 4.69) is 4.52 Å². The second kappa shape index (κ2) is 7.41. The number of aliphatic hydroxyl groups is 1. The van der Waals surface area contributed by atoms with E-state index in [9.17, 15) is 9.67 Å². The first-order valence-corrected chi connectivity index (χ1v) is 7.28. The van der Waals surface area contributed by atoms with E-state index >= 15 is 0 Å². The summed E-state index contributed by atoms with van der Waals surface area (Å²) in [5.41, 5.74) is -1.10. The van der Waals surface area contributed by atoms with Crippen LogP contribution in [0.15, 0.2) is 0 Å². The second-order valence-corrected chi connectivity index (χ2v) is 5.43. The predicted molar refractivity (Wildman–Crippen MR) is 62.0 cm³/mol. The highest BCUT2D eigenvalue weighted by Gasteiger charge is 2.29. The molecule has 0 amide bonds. The number of rotatable bonds is 9. The van der Waals surface area contributed by atoms with Crippen molar-refractivity contribution >= 4 is 7.82 Å². The Labute approximate surface area is 97.1 Å². The third-order valence-corrected chi connectivity index (χ3v) is 2.96. The van der Waals surface area contributed by atoms with E-state index in [0.717, 1.165) is 25.7 Å². The zero-order chi connectivity index (χ0) is 12.7. The van der Waals surface area contributed by atoms with Crippen LogP contribution in [0.3, 0.4) is 0 Å². The van der Waals surface area contributed by atoms with Gasteiger partial charge in [-0.1, -0.05) is 39.5 Å². The quantitative estimate of drug-likeness (QED) is 0.549. The first-order valence-electron chi connectivity index (χ1n) is 5.75. The Hall–Kier alpha value is 0.0700. The van der Waals surface area contributed by atoms with E-state index in [1.54, 1.807) is 0 Å². The van der Waals surface area contributed by atoms with Crippen LogP contribution >= 0.6 is 7.82 Å². The van der Waals surface area contributed by atoms with Crippen LogP contribution in [-0.2, 0) is 9.09 Å². The van der Waals surface area contributed by atoms with Gasteiger partial charge in [-0.05, 0) is 12.8 Å². The minimum absolute atomic E-state index is 0.294. The standard InChI is InChI=1S/C10H23O5P/c1-3-5-7-10(11,8-6-4-2)9-15-16(12,13)14/h11H,3-9H2,1-2H3,(H2,12,13,14). The summed E-state index contributed by atoms with van der Waals surface area (Å²) >= 11 is 0. The van der Waals surface area contributed by atoms with Gasteiger partial charge in [0.2, 0.25) is 0 Å². The monoisotopic (exact) mass is 254 g/mol. The molecule has 0 aliphatic carbocycles. The average Bonchev–Trinajstić information content (AvgIpc) is 2.20. The molecule has 5 nitrogen and oxygen atoms in total. The zero-order valence-corrected chi connectivity index (χ0v) is 10.9. The number of phosphoric ester groups is 1. The fourth-order valence-corrected chi connectivity index (χ4v) is 1.89. The molecule has 98 valence electrons. The van der Waals surface area contributed by atoms with Crippen LogP contribution in [0.4, 0.5) is 0 Å². The van der Waals surface area contributed by atoms with Crippen LogP contribution in [-0.4, -0.2) is 27.1 Å². The summed E-state index contributed by atoms with van der Waals surface area (Å²) < 4.78 is 15.0. The molecule has 0 fully saturated rings. The molecule has 16 heavy (non-hydrogen) atoms. The first-order chi connectivity index (χ1) is 7.33. The van der Waals surface area contributed by atoms with Crippen molar-refractivity contribution in [2.45, 2.75) is 58.0 Å². The van der Waals surface area contributed by atoms with E-state index in [4.69, 9.17) is 9.79 Å². The summed E-state index contributed by atoms with van der Waals surface area (Å²) in [4.78, 5) is 17.2.